The molecular weight excluding hydrogens is 208 g/mol. The van der Waals surface area contributed by atoms with Crippen molar-refractivity contribution in [1.29, 1.82) is 0 Å². The zero-order valence-electron chi connectivity index (χ0n) is 10.5. The van der Waals surface area contributed by atoms with E-state index in [0.29, 0.717) is 0 Å². The van der Waals surface area contributed by atoms with Gasteiger partial charge in [-0.05, 0) is 74.4 Å². The first-order valence-corrected chi connectivity index (χ1v) is 6.91. The van der Waals surface area contributed by atoms with Crippen LogP contribution in [-0.2, 0) is 12.8 Å². The Morgan fingerprint density at radius 3 is 2.82 bits per heavy atom. The number of anilines is 1. The molecule has 92 valence electrons. The molecule has 1 aromatic rings. The summed E-state index contributed by atoms with van der Waals surface area (Å²) in [6.07, 6.45) is 6.62. The highest BCUT2D eigenvalue weighted by atomic mass is 15.1. The topological polar surface area (TPSA) is 29.3 Å². The second kappa shape index (κ2) is 4.69. The summed E-state index contributed by atoms with van der Waals surface area (Å²) in [6, 6.07) is 6.46. The van der Waals surface area contributed by atoms with Crippen LogP contribution in [0.2, 0.25) is 0 Å². The van der Waals surface area contributed by atoms with Gasteiger partial charge in [0.2, 0.25) is 0 Å². The average molecular weight is 230 g/mol. The van der Waals surface area contributed by atoms with Gasteiger partial charge in [-0.2, -0.15) is 0 Å². The van der Waals surface area contributed by atoms with Crippen LogP contribution in [-0.4, -0.2) is 24.5 Å². The van der Waals surface area contributed by atoms with Gasteiger partial charge < -0.3 is 10.6 Å². The fraction of sp³-hybridized carbons (Fsp3) is 0.600. The van der Waals surface area contributed by atoms with Crippen LogP contribution in [0.25, 0.3) is 0 Å². The van der Waals surface area contributed by atoms with Crippen molar-refractivity contribution in [3.8, 4) is 0 Å². The number of rotatable bonds is 2. The van der Waals surface area contributed by atoms with Gasteiger partial charge in [-0.25, -0.2) is 0 Å². The van der Waals surface area contributed by atoms with Crippen LogP contribution in [0.1, 0.15) is 30.4 Å². The molecule has 0 radical (unpaired) electrons. The quantitative estimate of drug-likeness (QED) is 0.791. The summed E-state index contributed by atoms with van der Waals surface area (Å²) < 4.78 is 0. The fourth-order valence-electron chi connectivity index (χ4n) is 3.34. The van der Waals surface area contributed by atoms with Gasteiger partial charge >= 0.3 is 0 Å². The van der Waals surface area contributed by atoms with E-state index in [1.165, 1.54) is 62.9 Å². The highest BCUT2D eigenvalue weighted by molar-refractivity contribution is 5.45. The van der Waals surface area contributed by atoms with E-state index in [2.05, 4.69) is 23.1 Å². The Kier molecular flexibility index (Phi) is 3.06. The first kappa shape index (κ1) is 11.1. The van der Waals surface area contributed by atoms with E-state index in [0.717, 1.165) is 11.6 Å². The number of hydrogen-bond acceptors (Lipinski definition) is 2. The van der Waals surface area contributed by atoms with Gasteiger partial charge in [-0.1, -0.05) is 6.07 Å². The summed E-state index contributed by atoms with van der Waals surface area (Å²) in [6.45, 7) is 3.96. The zero-order valence-corrected chi connectivity index (χ0v) is 10.5. The van der Waals surface area contributed by atoms with Crippen molar-refractivity contribution in [3.63, 3.8) is 0 Å². The van der Waals surface area contributed by atoms with Crippen LogP contribution in [0.4, 0.5) is 5.69 Å². The molecule has 1 heterocycles. The summed E-state index contributed by atoms with van der Waals surface area (Å²) in [7, 11) is 0. The van der Waals surface area contributed by atoms with Crippen molar-refractivity contribution >= 4 is 5.69 Å². The van der Waals surface area contributed by atoms with Gasteiger partial charge in [0.15, 0.2) is 0 Å². The van der Waals surface area contributed by atoms with Crippen LogP contribution in [0.3, 0.4) is 0 Å². The third kappa shape index (κ3) is 2.47. The number of nitrogens with zero attached hydrogens (tertiary/aromatic N) is 1. The molecule has 1 saturated heterocycles. The SMILES string of the molecule is Nc1ccc2c(c1)CC[C@@H](CN1CCCC1)C2. The number of fused-ring (bicyclic) bond motifs is 1. The Hall–Kier alpha value is -1.02. The Morgan fingerprint density at radius 1 is 1.18 bits per heavy atom. The molecule has 0 unspecified atom stereocenters. The molecular formula is C15H22N2. The maximum atomic E-state index is 5.84. The minimum Gasteiger partial charge on any atom is -0.399 e. The van der Waals surface area contributed by atoms with Crippen LogP contribution in [0, 0.1) is 5.92 Å². The lowest BCUT2D eigenvalue weighted by atomic mass is 9.83. The maximum Gasteiger partial charge on any atom is 0.0316 e. The summed E-state index contributed by atoms with van der Waals surface area (Å²) in [5, 5.41) is 0. The summed E-state index contributed by atoms with van der Waals surface area (Å²) in [5.41, 5.74) is 9.78. The van der Waals surface area contributed by atoms with E-state index in [1.807, 2.05) is 0 Å². The van der Waals surface area contributed by atoms with Crippen molar-refractivity contribution in [2.45, 2.75) is 32.1 Å². The van der Waals surface area contributed by atoms with Gasteiger partial charge in [0.25, 0.3) is 0 Å². The molecule has 1 aliphatic heterocycles. The number of aryl methyl sites for hydroxylation is 1. The van der Waals surface area contributed by atoms with Crippen molar-refractivity contribution in [1.82, 2.24) is 4.90 Å². The van der Waals surface area contributed by atoms with Gasteiger partial charge in [0.05, 0.1) is 0 Å². The van der Waals surface area contributed by atoms with Crippen molar-refractivity contribution in [3.05, 3.63) is 29.3 Å². The molecule has 2 nitrogen and oxygen atoms in total. The second-order valence-corrected chi connectivity index (χ2v) is 5.64. The predicted octanol–water partition coefficient (Wildman–Crippen LogP) is 2.47. The average Bonchev–Trinajstić information content (AvgIpc) is 2.82. The first-order chi connectivity index (χ1) is 8.31. The summed E-state index contributed by atoms with van der Waals surface area (Å²) >= 11 is 0. The van der Waals surface area contributed by atoms with Gasteiger partial charge in [-0.3, -0.25) is 0 Å². The standard InChI is InChI=1S/C15H22N2/c16-15-6-5-13-9-12(3-4-14(13)10-15)11-17-7-1-2-8-17/h5-6,10,12H,1-4,7-9,11,16H2/t12-/m1/s1. The highest BCUT2D eigenvalue weighted by Crippen LogP contribution is 2.28. The number of nitrogen functional groups attached to an aromatic ring is 1. The molecule has 0 amide bonds. The largest absolute Gasteiger partial charge is 0.399 e. The fourth-order valence-corrected chi connectivity index (χ4v) is 3.34. The van der Waals surface area contributed by atoms with E-state index < -0.39 is 0 Å². The Morgan fingerprint density at radius 2 is 2.00 bits per heavy atom. The molecule has 0 aromatic heterocycles. The predicted molar refractivity (Wildman–Crippen MR) is 72.0 cm³/mol. The lowest BCUT2D eigenvalue weighted by Gasteiger charge is -2.28. The molecule has 1 fully saturated rings. The molecule has 2 heteroatoms. The summed E-state index contributed by atoms with van der Waals surface area (Å²) in [5.74, 6) is 0.865. The molecule has 2 aliphatic rings. The van der Waals surface area contributed by atoms with E-state index in [1.54, 1.807) is 0 Å². The molecule has 1 aliphatic carbocycles. The molecule has 0 spiro atoms. The first-order valence-electron chi connectivity index (χ1n) is 6.91. The lowest BCUT2D eigenvalue weighted by Crippen LogP contribution is -2.30. The molecule has 3 rings (SSSR count). The number of benzene rings is 1. The van der Waals surface area contributed by atoms with E-state index in [9.17, 15) is 0 Å². The second-order valence-electron chi connectivity index (χ2n) is 5.64. The van der Waals surface area contributed by atoms with Crippen molar-refractivity contribution in [2.75, 3.05) is 25.4 Å². The van der Waals surface area contributed by atoms with E-state index >= 15 is 0 Å². The van der Waals surface area contributed by atoms with E-state index in [-0.39, 0.29) is 0 Å². The smallest absolute Gasteiger partial charge is 0.0316 e. The molecule has 1 atom stereocenters. The minimum atomic E-state index is 0.865. The number of likely N-dealkylation sites (tertiary alicyclic amines) is 1. The van der Waals surface area contributed by atoms with Crippen molar-refractivity contribution in [2.24, 2.45) is 5.92 Å². The normalized spacial score (nSPS) is 24.8. The highest BCUT2D eigenvalue weighted by Gasteiger charge is 2.22. The lowest BCUT2D eigenvalue weighted by molar-refractivity contribution is 0.262. The van der Waals surface area contributed by atoms with Crippen LogP contribution < -0.4 is 5.73 Å². The van der Waals surface area contributed by atoms with Crippen LogP contribution >= 0.6 is 0 Å². The maximum absolute atomic E-state index is 5.84. The zero-order chi connectivity index (χ0) is 11.7. The monoisotopic (exact) mass is 230 g/mol. The van der Waals surface area contributed by atoms with E-state index in [4.69, 9.17) is 5.73 Å². The number of nitrogens with two attached hydrogens (primary N) is 1. The van der Waals surface area contributed by atoms with Crippen LogP contribution in [0.5, 0.6) is 0 Å². The molecule has 2 N–H and O–H groups in total. The summed E-state index contributed by atoms with van der Waals surface area (Å²) in [4.78, 5) is 2.65. The Labute approximate surface area is 104 Å². The number of hydrogen-bond donors (Lipinski definition) is 1. The van der Waals surface area contributed by atoms with Gasteiger partial charge in [0.1, 0.15) is 0 Å². The molecule has 0 saturated carbocycles. The Bertz CT molecular complexity index is 394. The molecule has 1 aromatic carbocycles. The minimum absolute atomic E-state index is 0.865. The van der Waals surface area contributed by atoms with Crippen molar-refractivity contribution < 1.29 is 0 Å². The van der Waals surface area contributed by atoms with Gasteiger partial charge in [-0.15, -0.1) is 0 Å². The van der Waals surface area contributed by atoms with Crippen LogP contribution in [0.15, 0.2) is 18.2 Å². The molecule has 0 bridgehead atoms. The molecule has 17 heavy (non-hydrogen) atoms. The third-order valence-electron chi connectivity index (χ3n) is 4.28. The Balaban J connectivity index is 1.65. The third-order valence-corrected chi connectivity index (χ3v) is 4.28. The van der Waals surface area contributed by atoms with Gasteiger partial charge in [0, 0.05) is 12.2 Å².